The van der Waals surface area contributed by atoms with E-state index in [-0.39, 0.29) is 5.91 Å². The van der Waals surface area contributed by atoms with Gasteiger partial charge in [0.15, 0.2) is 0 Å². The zero-order chi connectivity index (χ0) is 11.4. The lowest BCUT2D eigenvalue weighted by Crippen LogP contribution is -2.39. The first-order valence-corrected chi connectivity index (χ1v) is 4.74. The summed E-state index contributed by atoms with van der Waals surface area (Å²) in [6, 6.07) is 6.81. The van der Waals surface area contributed by atoms with Crippen LogP contribution in [0.2, 0.25) is 0 Å². The van der Waals surface area contributed by atoms with Crippen molar-refractivity contribution < 1.29 is 9.53 Å². The lowest BCUT2D eigenvalue weighted by atomic mass is 10.2. The SMILES string of the molecule is COc1ccccc1N(C)C(=O)C(C)N. The van der Waals surface area contributed by atoms with Crippen LogP contribution in [0.5, 0.6) is 5.75 Å². The maximum absolute atomic E-state index is 11.7. The summed E-state index contributed by atoms with van der Waals surface area (Å²) in [5.74, 6) is 0.522. The molecule has 1 aromatic carbocycles. The van der Waals surface area contributed by atoms with Gasteiger partial charge in [0.2, 0.25) is 5.91 Å². The Kier molecular flexibility index (Phi) is 3.68. The van der Waals surface area contributed by atoms with Gasteiger partial charge in [-0.05, 0) is 19.1 Å². The highest BCUT2D eigenvalue weighted by Crippen LogP contribution is 2.26. The van der Waals surface area contributed by atoms with Crippen LogP contribution in [0.15, 0.2) is 24.3 Å². The molecule has 0 saturated carbocycles. The molecule has 4 heteroatoms. The van der Waals surface area contributed by atoms with E-state index in [2.05, 4.69) is 0 Å². The molecular weight excluding hydrogens is 192 g/mol. The molecule has 0 aliphatic rings. The topological polar surface area (TPSA) is 55.6 Å². The Bertz CT molecular complexity index is 350. The second-order valence-corrected chi connectivity index (χ2v) is 3.36. The number of nitrogens with two attached hydrogens (primary N) is 1. The van der Waals surface area contributed by atoms with Crippen LogP contribution >= 0.6 is 0 Å². The van der Waals surface area contributed by atoms with Crippen molar-refractivity contribution in [3.63, 3.8) is 0 Å². The molecule has 1 unspecified atom stereocenters. The fourth-order valence-corrected chi connectivity index (χ4v) is 1.33. The quantitative estimate of drug-likeness (QED) is 0.806. The summed E-state index contributed by atoms with van der Waals surface area (Å²) < 4.78 is 5.16. The van der Waals surface area contributed by atoms with Gasteiger partial charge in [-0.3, -0.25) is 4.79 Å². The molecule has 1 atom stereocenters. The first-order valence-electron chi connectivity index (χ1n) is 4.74. The normalized spacial score (nSPS) is 12.0. The third-order valence-electron chi connectivity index (χ3n) is 2.17. The minimum absolute atomic E-state index is 0.139. The predicted molar refractivity (Wildman–Crippen MR) is 60.1 cm³/mol. The summed E-state index contributed by atoms with van der Waals surface area (Å²) in [4.78, 5) is 13.2. The molecule has 4 nitrogen and oxygen atoms in total. The van der Waals surface area contributed by atoms with Crippen molar-refractivity contribution in [1.29, 1.82) is 0 Å². The van der Waals surface area contributed by atoms with Crippen LogP contribution in [0.25, 0.3) is 0 Å². The molecule has 2 N–H and O–H groups in total. The van der Waals surface area contributed by atoms with Crippen LogP contribution in [-0.2, 0) is 4.79 Å². The molecule has 0 saturated heterocycles. The Labute approximate surface area is 89.6 Å². The number of carbonyl (C=O) groups is 1. The number of rotatable bonds is 3. The van der Waals surface area contributed by atoms with Crippen LogP contribution in [0, 0.1) is 0 Å². The summed E-state index contributed by atoms with van der Waals surface area (Å²) in [5, 5.41) is 0. The van der Waals surface area contributed by atoms with Crippen LogP contribution < -0.4 is 15.4 Å². The van der Waals surface area contributed by atoms with Crippen molar-refractivity contribution in [2.75, 3.05) is 19.1 Å². The number of nitrogens with zero attached hydrogens (tertiary/aromatic N) is 1. The summed E-state index contributed by atoms with van der Waals surface area (Å²) in [5.41, 5.74) is 6.26. The summed E-state index contributed by atoms with van der Waals surface area (Å²) >= 11 is 0. The van der Waals surface area contributed by atoms with Gasteiger partial charge in [-0.15, -0.1) is 0 Å². The monoisotopic (exact) mass is 208 g/mol. The van der Waals surface area contributed by atoms with Crippen molar-refractivity contribution >= 4 is 11.6 Å². The van der Waals surface area contributed by atoms with Crippen LogP contribution in [0.4, 0.5) is 5.69 Å². The average Bonchev–Trinajstić information content (AvgIpc) is 2.26. The molecule has 0 radical (unpaired) electrons. The van der Waals surface area contributed by atoms with Crippen molar-refractivity contribution in [1.82, 2.24) is 0 Å². The van der Waals surface area contributed by atoms with Gasteiger partial charge in [-0.2, -0.15) is 0 Å². The van der Waals surface area contributed by atoms with Gasteiger partial charge in [0.1, 0.15) is 5.75 Å². The van der Waals surface area contributed by atoms with Crippen LogP contribution in [-0.4, -0.2) is 26.1 Å². The van der Waals surface area contributed by atoms with E-state index in [0.29, 0.717) is 5.75 Å². The van der Waals surface area contributed by atoms with E-state index in [4.69, 9.17) is 10.5 Å². The Morgan fingerprint density at radius 1 is 1.47 bits per heavy atom. The van der Waals surface area contributed by atoms with Gasteiger partial charge in [0.25, 0.3) is 0 Å². The van der Waals surface area contributed by atoms with Crippen LogP contribution in [0.1, 0.15) is 6.92 Å². The Morgan fingerprint density at radius 2 is 2.07 bits per heavy atom. The third-order valence-corrected chi connectivity index (χ3v) is 2.17. The van der Waals surface area contributed by atoms with Gasteiger partial charge >= 0.3 is 0 Å². The molecule has 1 rings (SSSR count). The maximum Gasteiger partial charge on any atom is 0.243 e. The fraction of sp³-hybridized carbons (Fsp3) is 0.364. The standard InChI is InChI=1S/C11H16N2O2/c1-8(12)11(14)13(2)9-6-4-5-7-10(9)15-3/h4-8H,12H2,1-3H3. The fourth-order valence-electron chi connectivity index (χ4n) is 1.33. The second-order valence-electron chi connectivity index (χ2n) is 3.36. The number of carbonyl (C=O) groups excluding carboxylic acids is 1. The number of hydrogen-bond acceptors (Lipinski definition) is 3. The van der Waals surface area contributed by atoms with E-state index in [1.54, 1.807) is 27.1 Å². The number of para-hydroxylation sites is 2. The molecule has 0 heterocycles. The van der Waals surface area contributed by atoms with Gasteiger partial charge in [0, 0.05) is 7.05 Å². The van der Waals surface area contributed by atoms with E-state index in [1.165, 1.54) is 4.90 Å². The number of likely N-dealkylation sites (N-methyl/N-ethyl adjacent to an activating group) is 1. The molecule has 82 valence electrons. The zero-order valence-electron chi connectivity index (χ0n) is 9.23. The largest absolute Gasteiger partial charge is 0.495 e. The molecule has 0 bridgehead atoms. The smallest absolute Gasteiger partial charge is 0.243 e. The highest BCUT2D eigenvalue weighted by atomic mass is 16.5. The number of benzene rings is 1. The van der Waals surface area contributed by atoms with Crippen molar-refractivity contribution in [2.45, 2.75) is 13.0 Å². The summed E-state index contributed by atoms with van der Waals surface area (Å²) in [7, 11) is 3.26. The molecule has 1 aromatic rings. The molecule has 0 aromatic heterocycles. The molecule has 0 spiro atoms. The Balaban J connectivity index is 3.00. The number of ether oxygens (including phenoxy) is 1. The number of hydrogen-bond donors (Lipinski definition) is 1. The van der Waals surface area contributed by atoms with E-state index in [9.17, 15) is 4.79 Å². The molecular formula is C11H16N2O2. The van der Waals surface area contributed by atoms with E-state index in [0.717, 1.165) is 5.69 Å². The zero-order valence-corrected chi connectivity index (χ0v) is 9.23. The Morgan fingerprint density at radius 3 is 2.60 bits per heavy atom. The van der Waals surface area contributed by atoms with Crippen molar-refractivity contribution in [3.05, 3.63) is 24.3 Å². The van der Waals surface area contributed by atoms with Crippen molar-refractivity contribution in [3.8, 4) is 5.75 Å². The minimum Gasteiger partial charge on any atom is -0.495 e. The second kappa shape index (κ2) is 4.79. The maximum atomic E-state index is 11.7. The first-order chi connectivity index (χ1) is 7.07. The molecule has 0 aliphatic heterocycles. The van der Waals surface area contributed by atoms with Gasteiger partial charge in [-0.25, -0.2) is 0 Å². The lowest BCUT2D eigenvalue weighted by Gasteiger charge is -2.21. The van der Waals surface area contributed by atoms with Gasteiger partial charge in [-0.1, -0.05) is 12.1 Å². The molecule has 0 fully saturated rings. The summed E-state index contributed by atoms with van der Waals surface area (Å²) in [6.07, 6.45) is 0. The highest BCUT2D eigenvalue weighted by molar-refractivity contribution is 5.97. The minimum atomic E-state index is -0.514. The predicted octanol–water partition coefficient (Wildman–Crippen LogP) is 1.01. The lowest BCUT2D eigenvalue weighted by molar-refractivity contribution is -0.119. The summed E-state index contributed by atoms with van der Waals surface area (Å²) in [6.45, 7) is 1.66. The van der Waals surface area contributed by atoms with E-state index >= 15 is 0 Å². The van der Waals surface area contributed by atoms with Gasteiger partial charge < -0.3 is 15.4 Å². The third kappa shape index (κ3) is 2.47. The average molecular weight is 208 g/mol. The molecule has 0 aliphatic carbocycles. The van der Waals surface area contributed by atoms with E-state index < -0.39 is 6.04 Å². The highest BCUT2D eigenvalue weighted by Gasteiger charge is 2.17. The number of methoxy groups -OCH3 is 1. The van der Waals surface area contributed by atoms with Gasteiger partial charge in [0.05, 0.1) is 18.8 Å². The first kappa shape index (κ1) is 11.5. The van der Waals surface area contributed by atoms with Crippen LogP contribution in [0.3, 0.4) is 0 Å². The van der Waals surface area contributed by atoms with E-state index in [1.807, 2.05) is 18.2 Å². The Hall–Kier alpha value is -1.55. The molecule has 1 amide bonds. The molecule has 15 heavy (non-hydrogen) atoms. The number of anilines is 1. The van der Waals surface area contributed by atoms with Crippen molar-refractivity contribution in [2.24, 2.45) is 5.73 Å². The number of amides is 1.